The third-order valence-corrected chi connectivity index (χ3v) is 8.03. The Morgan fingerprint density at radius 1 is 0.800 bits per heavy atom. The number of methoxy groups -OCH3 is 2. The van der Waals surface area contributed by atoms with Crippen molar-refractivity contribution in [2.45, 2.75) is 6.92 Å². The number of hydrogen-bond donors (Lipinski definition) is 0. The third-order valence-electron chi connectivity index (χ3n) is 4.74. The lowest BCUT2D eigenvalue weighted by molar-refractivity contribution is 0.103. The summed E-state index contributed by atoms with van der Waals surface area (Å²) in [5.41, 5.74) is -1.10. The van der Waals surface area contributed by atoms with Gasteiger partial charge >= 0.3 is 0 Å². The highest BCUT2D eigenvalue weighted by atomic mass is 35.5. The molecule has 0 saturated heterocycles. The molecule has 0 spiro atoms. The highest BCUT2D eigenvalue weighted by molar-refractivity contribution is 8.01. The van der Waals surface area contributed by atoms with E-state index < -0.39 is 18.2 Å². The Morgan fingerprint density at radius 3 is 1.90 bits per heavy atom. The number of ether oxygens (including phenoxy) is 2. The van der Waals surface area contributed by atoms with Crippen molar-refractivity contribution >= 4 is 35.1 Å². The molecular weight excluding hydrogens is 423 g/mol. The number of carbonyl (C=O) groups is 2. The Kier molecular flexibility index (Phi) is 6.45. The Labute approximate surface area is 180 Å². The number of benzene rings is 3. The summed E-state index contributed by atoms with van der Waals surface area (Å²) in [6.07, 6.45) is 0. The molecule has 0 aliphatic rings. The molecular formula is C23H20ClO5P. The topological polar surface area (TPSA) is 69.7 Å². The minimum atomic E-state index is -4.42. The molecule has 3 aromatic rings. The second-order valence-electron chi connectivity index (χ2n) is 6.53. The molecule has 0 amide bonds. The summed E-state index contributed by atoms with van der Waals surface area (Å²) in [7, 11) is -1.65. The molecule has 0 heterocycles. The molecule has 154 valence electrons. The van der Waals surface area contributed by atoms with Crippen molar-refractivity contribution in [1.82, 2.24) is 0 Å². The van der Waals surface area contributed by atoms with E-state index in [2.05, 4.69) is 0 Å². The summed E-state index contributed by atoms with van der Waals surface area (Å²) < 4.78 is 25.1. The number of rotatable bonds is 7. The number of halogens is 1. The summed E-state index contributed by atoms with van der Waals surface area (Å²) in [5.74, 6) is 0.315. The average molecular weight is 443 g/mol. The van der Waals surface area contributed by atoms with E-state index in [0.29, 0.717) is 5.56 Å². The molecule has 1 unspecified atom stereocenters. The molecule has 0 N–H and O–H groups in total. The second kappa shape index (κ2) is 8.86. The van der Waals surface area contributed by atoms with Gasteiger partial charge in [-0.3, -0.25) is 9.59 Å². The van der Waals surface area contributed by atoms with E-state index in [0.717, 1.165) is 0 Å². The highest BCUT2D eigenvalue weighted by Crippen LogP contribution is 2.55. The van der Waals surface area contributed by atoms with Gasteiger partial charge in [0.2, 0.25) is 11.0 Å². The van der Waals surface area contributed by atoms with Gasteiger partial charge in [-0.25, -0.2) is 0 Å². The maximum absolute atomic E-state index is 14.5. The van der Waals surface area contributed by atoms with Gasteiger partial charge in [-0.1, -0.05) is 60.1 Å². The predicted octanol–water partition coefficient (Wildman–Crippen LogP) is 5.33. The van der Waals surface area contributed by atoms with Gasteiger partial charge in [0.25, 0.3) is 7.14 Å². The van der Waals surface area contributed by atoms with Crippen LogP contribution in [-0.4, -0.2) is 25.3 Å². The number of carbonyl (C=O) groups excluding carboxylic acids is 2. The van der Waals surface area contributed by atoms with E-state index in [-0.39, 0.29) is 33.0 Å². The molecule has 0 saturated carbocycles. The maximum atomic E-state index is 14.5. The first-order chi connectivity index (χ1) is 14.4. The van der Waals surface area contributed by atoms with Crippen LogP contribution in [0.3, 0.4) is 0 Å². The summed E-state index contributed by atoms with van der Waals surface area (Å²) in [4.78, 5) is 27.4. The first-order valence-electron chi connectivity index (χ1n) is 9.07. The summed E-state index contributed by atoms with van der Waals surface area (Å²) in [6.45, 7) is 1.67. The monoisotopic (exact) mass is 442 g/mol. The first-order valence-corrected chi connectivity index (χ1v) is 11.2. The van der Waals surface area contributed by atoms with Crippen LogP contribution in [0.2, 0.25) is 5.02 Å². The molecule has 3 rings (SSSR count). The van der Waals surface area contributed by atoms with Gasteiger partial charge in [0.05, 0.1) is 19.2 Å². The zero-order valence-electron chi connectivity index (χ0n) is 16.7. The first kappa shape index (κ1) is 21.8. The van der Waals surface area contributed by atoms with Crippen LogP contribution < -0.4 is 14.8 Å². The number of hydrogen-bond acceptors (Lipinski definition) is 5. The van der Waals surface area contributed by atoms with Gasteiger partial charge in [0.15, 0.2) is 0 Å². The SMILES string of the molecule is COc1cccc(OC)c1C(=O)P(=O)(C(=O)c1ccccc1)c1c(C)cccc1Cl. The van der Waals surface area contributed by atoms with Crippen LogP contribution in [0.1, 0.15) is 26.3 Å². The Hall–Kier alpha value is -2.88. The van der Waals surface area contributed by atoms with Crippen molar-refractivity contribution in [2.75, 3.05) is 14.2 Å². The Bertz CT molecular complexity index is 1120. The van der Waals surface area contributed by atoms with Crippen molar-refractivity contribution in [3.05, 3.63) is 88.4 Å². The van der Waals surface area contributed by atoms with E-state index in [4.69, 9.17) is 21.1 Å². The highest BCUT2D eigenvalue weighted by Gasteiger charge is 2.47. The van der Waals surface area contributed by atoms with Crippen LogP contribution in [0, 0.1) is 6.92 Å². The van der Waals surface area contributed by atoms with Crippen molar-refractivity contribution in [3.8, 4) is 11.5 Å². The molecule has 0 aliphatic carbocycles. The molecule has 0 aromatic heterocycles. The summed E-state index contributed by atoms with van der Waals surface area (Å²) in [6, 6.07) is 17.6. The molecule has 5 nitrogen and oxygen atoms in total. The molecule has 30 heavy (non-hydrogen) atoms. The van der Waals surface area contributed by atoms with E-state index in [1.807, 2.05) is 0 Å². The van der Waals surface area contributed by atoms with Crippen molar-refractivity contribution in [1.29, 1.82) is 0 Å². The molecule has 1 atom stereocenters. The van der Waals surface area contributed by atoms with E-state index in [1.54, 1.807) is 55.5 Å². The Morgan fingerprint density at radius 2 is 1.37 bits per heavy atom. The van der Waals surface area contributed by atoms with Crippen LogP contribution in [0.4, 0.5) is 0 Å². The molecule has 3 aromatic carbocycles. The average Bonchev–Trinajstić information content (AvgIpc) is 2.77. The quantitative estimate of drug-likeness (QED) is 0.462. The van der Waals surface area contributed by atoms with Gasteiger partial charge in [-0.2, -0.15) is 0 Å². The minimum Gasteiger partial charge on any atom is -0.496 e. The van der Waals surface area contributed by atoms with Crippen LogP contribution in [-0.2, 0) is 4.57 Å². The number of aryl methyl sites for hydroxylation is 1. The van der Waals surface area contributed by atoms with Crippen LogP contribution in [0.25, 0.3) is 0 Å². The lowest BCUT2D eigenvalue weighted by atomic mass is 10.2. The van der Waals surface area contributed by atoms with Crippen molar-refractivity contribution in [3.63, 3.8) is 0 Å². The normalized spacial score (nSPS) is 12.7. The lowest BCUT2D eigenvalue weighted by Gasteiger charge is -2.21. The van der Waals surface area contributed by atoms with Crippen LogP contribution in [0.5, 0.6) is 11.5 Å². The largest absolute Gasteiger partial charge is 0.496 e. The Balaban J connectivity index is 2.36. The fraction of sp³-hybridized carbons (Fsp3) is 0.130. The van der Waals surface area contributed by atoms with Crippen molar-refractivity contribution in [2.24, 2.45) is 0 Å². The fourth-order valence-corrected chi connectivity index (χ4v) is 6.46. The summed E-state index contributed by atoms with van der Waals surface area (Å²) >= 11 is 6.39. The van der Waals surface area contributed by atoms with Crippen LogP contribution in [0.15, 0.2) is 66.7 Å². The standard InChI is InChI=1S/C23H20ClO5P/c1-15-9-7-12-17(24)21(15)30(27,22(25)16-10-5-4-6-11-16)23(26)20-18(28-2)13-8-14-19(20)29-3/h4-14H,1-3H3. The summed E-state index contributed by atoms with van der Waals surface area (Å²) in [5, 5.41) is 0.114. The van der Waals surface area contributed by atoms with E-state index in [9.17, 15) is 14.2 Å². The second-order valence-corrected chi connectivity index (χ2v) is 9.41. The lowest BCUT2D eigenvalue weighted by Crippen LogP contribution is -2.24. The molecule has 0 fully saturated rings. The van der Waals surface area contributed by atoms with E-state index >= 15 is 0 Å². The van der Waals surface area contributed by atoms with Crippen LogP contribution >= 0.6 is 18.7 Å². The maximum Gasteiger partial charge on any atom is 0.250 e. The minimum absolute atomic E-state index is 0.0264. The van der Waals surface area contributed by atoms with Gasteiger partial charge < -0.3 is 14.0 Å². The van der Waals surface area contributed by atoms with Crippen molar-refractivity contribution < 1.29 is 23.6 Å². The molecule has 0 aliphatic heterocycles. The van der Waals surface area contributed by atoms with Gasteiger partial charge in [-0.15, -0.1) is 0 Å². The van der Waals surface area contributed by atoms with Gasteiger partial charge in [0, 0.05) is 10.9 Å². The molecule has 0 radical (unpaired) electrons. The van der Waals surface area contributed by atoms with Gasteiger partial charge in [0.1, 0.15) is 17.1 Å². The molecule has 7 heteroatoms. The van der Waals surface area contributed by atoms with Gasteiger partial charge in [-0.05, 0) is 30.7 Å². The fourth-order valence-electron chi connectivity index (χ4n) is 3.30. The zero-order chi connectivity index (χ0) is 21.9. The predicted molar refractivity (Wildman–Crippen MR) is 118 cm³/mol. The smallest absolute Gasteiger partial charge is 0.250 e. The zero-order valence-corrected chi connectivity index (χ0v) is 18.4. The van der Waals surface area contributed by atoms with E-state index in [1.165, 1.54) is 32.4 Å². The molecule has 0 bridgehead atoms. The third kappa shape index (κ3) is 3.67.